The number of aromatic hydroxyl groups is 1. The number of benzene rings is 1. The highest BCUT2D eigenvalue weighted by Gasteiger charge is 2.10. The second-order valence-electron chi connectivity index (χ2n) is 5.07. The Morgan fingerprint density at radius 2 is 1.93 bits per heavy atom. The standard InChI is InChI=1S/C13H20O2/c1-13(2,3)8-7-10-5-6-11(14)12(9-10)15-4/h5-6,9,14H,7-8H2,1-4H3. The van der Waals surface area contributed by atoms with Gasteiger partial charge in [0.25, 0.3) is 0 Å². The van der Waals surface area contributed by atoms with Gasteiger partial charge in [-0.05, 0) is 36.0 Å². The minimum absolute atomic E-state index is 0.206. The van der Waals surface area contributed by atoms with E-state index in [-0.39, 0.29) is 5.75 Å². The van der Waals surface area contributed by atoms with Gasteiger partial charge < -0.3 is 9.84 Å². The fourth-order valence-corrected chi connectivity index (χ4v) is 1.40. The number of phenols is 1. The van der Waals surface area contributed by atoms with Gasteiger partial charge in [-0.1, -0.05) is 26.8 Å². The summed E-state index contributed by atoms with van der Waals surface area (Å²) in [6.07, 6.45) is 2.14. The molecule has 1 rings (SSSR count). The molecule has 0 heterocycles. The summed E-state index contributed by atoms with van der Waals surface area (Å²) in [5.74, 6) is 0.762. The molecule has 0 unspecified atom stereocenters. The molecule has 0 fully saturated rings. The van der Waals surface area contributed by atoms with Crippen molar-refractivity contribution < 1.29 is 9.84 Å². The normalized spacial score (nSPS) is 11.5. The molecule has 1 aromatic carbocycles. The van der Waals surface area contributed by atoms with E-state index in [1.54, 1.807) is 13.2 Å². The van der Waals surface area contributed by atoms with E-state index in [4.69, 9.17) is 4.74 Å². The van der Waals surface area contributed by atoms with E-state index in [0.29, 0.717) is 11.2 Å². The SMILES string of the molecule is COc1cc(CCC(C)(C)C)ccc1O. The molecule has 15 heavy (non-hydrogen) atoms. The molecule has 0 aliphatic rings. The Balaban J connectivity index is 2.70. The van der Waals surface area contributed by atoms with Gasteiger partial charge in [-0.2, -0.15) is 0 Å². The van der Waals surface area contributed by atoms with Crippen LogP contribution in [-0.2, 0) is 6.42 Å². The maximum absolute atomic E-state index is 9.44. The fourth-order valence-electron chi connectivity index (χ4n) is 1.40. The van der Waals surface area contributed by atoms with Crippen LogP contribution >= 0.6 is 0 Å². The van der Waals surface area contributed by atoms with Crippen molar-refractivity contribution in [2.75, 3.05) is 7.11 Å². The second kappa shape index (κ2) is 4.56. The van der Waals surface area contributed by atoms with Gasteiger partial charge >= 0.3 is 0 Å². The first-order valence-electron chi connectivity index (χ1n) is 5.28. The Bertz CT molecular complexity index is 324. The summed E-state index contributed by atoms with van der Waals surface area (Å²) >= 11 is 0. The van der Waals surface area contributed by atoms with Crippen molar-refractivity contribution in [2.45, 2.75) is 33.6 Å². The topological polar surface area (TPSA) is 29.5 Å². The summed E-state index contributed by atoms with van der Waals surface area (Å²) in [6.45, 7) is 6.68. The highest BCUT2D eigenvalue weighted by molar-refractivity contribution is 5.41. The van der Waals surface area contributed by atoms with Crippen molar-refractivity contribution in [3.63, 3.8) is 0 Å². The number of ether oxygens (including phenoxy) is 1. The predicted molar refractivity (Wildman–Crippen MR) is 62.4 cm³/mol. The molecule has 84 valence electrons. The third kappa shape index (κ3) is 3.82. The van der Waals surface area contributed by atoms with Gasteiger partial charge in [-0.3, -0.25) is 0 Å². The van der Waals surface area contributed by atoms with E-state index < -0.39 is 0 Å². The summed E-state index contributed by atoms with van der Waals surface area (Å²) in [4.78, 5) is 0. The average molecular weight is 208 g/mol. The molecule has 0 saturated carbocycles. The van der Waals surface area contributed by atoms with Crippen LogP contribution in [-0.4, -0.2) is 12.2 Å². The maximum Gasteiger partial charge on any atom is 0.160 e. The van der Waals surface area contributed by atoms with Crippen LogP contribution in [0.4, 0.5) is 0 Å². The maximum atomic E-state index is 9.44. The first-order chi connectivity index (χ1) is 6.92. The Morgan fingerprint density at radius 1 is 1.27 bits per heavy atom. The van der Waals surface area contributed by atoms with Crippen molar-refractivity contribution in [1.82, 2.24) is 0 Å². The van der Waals surface area contributed by atoms with Crippen LogP contribution < -0.4 is 4.74 Å². The molecule has 0 saturated heterocycles. The van der Waals surface area contributed by atoms with Crippen molar-refractivity contribution in [3.8, 4) is 11.5 Å². The van der Waals surface area contributed by atoms with Crippen LogP contribution in [0.25, 0.3) is 0 Å². The molecule has 1 N–H and O–H groups in total. The van der Waals surface area contributed by atoms with Gasteiger partial charge in [0.15, 0.2) is 11.5 Å². The molecular formula is C13H20O2. The largest absolute Gasteiger partial charge is 0.504 e. The zero-order valence-corrected chi connectivity index (χ0v) is 10.0. The summed E-state index contributed by atoms with van der Waals surface area (Å²) in [5, 5.41) is 9.44. The van der Waals surface area contributed by atoms with Gasteiger partial charge in [-0.15, -0.1) is 0 Å². The quantitative estimate of drug-likeness (QED) is 0.825. The van der Waals surface area contributed by atoms with Crippen molar-refractivity contribution in [3.05, 3.63) is 23.8 Å². The lowest BCUT2D eigenvalue weighted by Crippen LogP contribution is -2.06. The molecule has 0 bridgehead atoms. The summed E-state index contributed by atoms with van der Waals surface area (Å²) in [6, 6.07) is 5.54. The van der Waals surface area contributed by atoms with E-state index in [1.807, 2.05) is 12.1 Å². The first-order valence-corrected chi connectivity index (χ1v) is 5.28. The molecule has 2 heteroatoms. The Labute approximate surface area is 91.9 Å². The molecule has 0 amide bonds. The van der Waals surface area contributed by atoms with Crippen molar-refractivity contribution in [1.29, 1.82) is 0 Å². The molecule has 1 aromatic rings. The lowest BCUT2D eigenvalue weighted by molar-refractivity contribution is 0.368. The molecular weight excluding hydrogens is 188 g/mol. The second-order valence-corrected chi connectivity index (χ2v) is 5.07. The van der Waals surface area contributed by atoms with E-state index in [0.717, 1.165) is 12.8 Å². The highest BCUT2D eigenvalue weighted by atomic mass is 16.5. The Hall–Kier alpha value is -1.18. The van der Waals surface area contributed by atoms with Crippen LogP contribution in [0.5, 0.6) is 11.5 Å². The molecule has 0 spiro atoms. The molecule has 0 radical (unpaired) electrons. The monoisotopic (exact) mass is 208 g/mol. The Kier molecular flexibility index (Phi) is 3.61. The zero-order chi connectivity index (χ0) is 11.5. The van der Waals surface area contributed by atoms with Crippen LogP contribution in [0.3, 0.4) is 0 Å². The predicted octanol–water partition coefficient (Wildman–Crippen LogP) is 3.38. The van der Waals surface area contributed by atoms with E-state index in [2.05, 4.69) is 20.8 Å². The van der Waals surface area contributed by atoms with E-state index in [9.17, 15) is 5.11 Å². The van der Waals surface area contributed by atoms with Gasteiger partial charge in [-0.25, -0.2) is 0 Å². The van der Waals surface area contributed by atoms with E-state index >= 15 is 0 Å². The third-order valence-corrected chi connectivity index (χ3v) is 2.41. The van der Waals surface area contributed by atoms with Crippen LogP contribution in [0, 0.1) is 5.41 Å². The van der Waals surface area contributed by atoms with Gasteiger partial charge in [0.1, 0.15) is 0 Å². The Morgan fingerprint density at radius 3 is 2.47 bits per heavy atom. The van der Waals surface area contributed by atoms with Crippen molar-refractivity contribution in [2.24, 2.45) is 5.41 Å². The minimum atomic E-state index is 0.206. The molecule has 2 nitrogen and oxygen atoms in total. The first kappa shape index (κ1) is 11.9. The molecule has 0 aromatic heterocycles. The summed E-state index contributed by atoms with van der Waals surface area (Å²) in [7, 11) is 1.57. The van der Waals surface area contributed by atoms with Gasteiger partial charge in [0.2, 0.25) is 0 Å². The lowest BCUT2D eigenvalue weighted by atomic mass is 9.89. The van der Waals surface area contributed by atoms with Crippen molar-refractivity contribution >= 4 is 0 Å². The highest BCUT2D eigenvalue weighted by Crippen LogP contribution is 2.28. The average Bonchev–Trinajstić information content (AvgIpc) is 2.15. The lowest BCUT2D eigenvalue weighted by Gasteiger charge is -2.18. The number of methoxy groups -OCH3 is 1. The number of rotatable bonds is 3. The minimum Gasteiger partial charge on any atom is -0.504 e. The number of hydrogen-bond acceptors (Lipinski definition) is 2. The van der Waals surface area contributed by atoms with Gasteiger partial charge in [0.05, 0.1) is 7.11 Å². The van der Waals surface area contributed by atoms with Gasteiger partial charge in [0, 0.05) is 0 Å². The fraction of sp³-hybridized carbons (Fsp3) is 0.538. The van der Waals surface area contributed by atoms with Crippen LogP contribution in [0.15, 0.2) is 18.2 Å². The summed E-state index contributed by atoms with van der Waals surface area (Å²) in [5.41, 5.74) is 1.55. The number of hydrogen-bond donors (Lipinski definition) is 1. The molecule has 0 aliphatic carbocycles. The van der Waals surface area contributed by atoms with E-state index in [1.165, 1.54) is 5.56 Å². The summed E-state index contributed by atoms with van der Waals surface area (Å²) < 4.78 is 5.07. The van der Waals surface area contributed by atoms with Crippen LogP contribution in [0.1, 0.15) is 32.8 Å². The zero-order valence-electron chi connectivity index (χ0n) is 10.0. The smallest absolute Gasteiger partial charge is 0.160 e. The molecule has 0 aliphatic heterocycles. The number of phenolic OH excluding ortho intramolecular Hbond substituents is 1. The number of aryl methyl sites for hydroxylation is 1. The van der Waals surface area contributed by atoms with Crippen LogP contribution in [0.2, 0.25) is 0 Å². The molecule has 0 atom stereocenters. The third-order valence-electron chi connectivity index (χ3n) is 2.41.